The molecule has 19 heavy (non-hydrogen) atoms. The first-order valence-corrected chi connectivity index (χ1v) is 8.80. The van der Waals surface area contributed by atoms with Gasteiger partial charge in [-0.3, -0.25) is 4.21 Å². The Labute approximate surface area is 119 Å². The van der Waals surface area contributed by atoms with E-state index < -0.39 is 10.8 Å². The highest BCUT2D eigenvalue weighted by Gasteiger charge is 2.26. The molecule has 1 aromatic carbocycles. The van der Waals surface area contributed by atoms with Gasteiger partial charge in [0.15, 0.2) is 0 Å². The van der Waals surface area contributed by atoms with E-state index in [0.29, 0.717) is 6.04 Å². The van der Waals surface area contributed by atoms with E-state index in [1.807, 2.05) is 30.3 Å². The Morgan fingerprint density at radius 2 is 1.95 bits per heavy atom. The Kier molecular flexibility index (Phi) is 6.05. The molecule has 0 saturated heterocycles. The van der Waals surface area contributed by atoms with E-state index in [-0.39, 0.29) is 0 Å². The van der Waals surface area contributed by atoms with Crippen molar-refractivity contribution in [3.8, 4) is 0 Å². The Balaban J connectivity index is 1.96. The fourth-order valence-electron chi connectivity index (χ4n) is 2.88. The lowest BCUT2D eigenvalue weighted by Gasteiger charge is -2.24. The first-order valence-electron chi connectivity index (χ1n) is 7.48. The lowest BCUT2D eigenvalue weighted by molar-refractivity contribution is 0.385. The molecule has 1 aliphatic rings. The second-order valence-corrected chi connectivity index (χ2v) is 6.93. The van der Waals surface area contributed by atoms with E-state index in [1.165, 1.54) is 25.7 Å². The molecule has 2 unspecified atom stereocenters. The van der Waals surface area contributed by atoms with Gasteiger partial charge in [-0.15, -0.1) is 0 Å². The van der Waals surface area contributed by atoms with Crippen molar-refractivity contribution in [2.75, 3.05) is 12.3 Å². The molecule has 1 aromatic rings. The Hall–Kier alpha value is -0.670. The molecule has 1 fully saturated rings. The molecule has 1 aliphatic carbocycles. The van der Waals surface area contributed by atoms with Crippen LogP contribution in [0.4, 0.5) is 0 Å². The first-order chi connectivity index (χ1) is 9.31. The second kappa shape index (κ2) is 7.81. The van der Waals surface area contributed by atoms with Crippen LogP contribution in [0.2, 0.25) is 0 Å². The summed E-state index contributed by atoms with van der Waals surface area (Å²) in [6.07, 6.45) is 6.42. The van der Waals surface area contributed by atoms with Gasteiger partial charge in [-0.1, -0.05) is 38.0 Å². The summed E-state index contributed by atoms with van der Waals surface area (Å²) < 4.78 is 12.4. The predicted octanol–water partition coefficient (Wildman–Crippen LogP) is 3.35. The maximum absolute atomic E-state index is 12.4. The summed E-state index contributed by atoms with van der Waals surface area (Å²) >= 11 is 0. The average molecular weight is 279 g/mol. The summed E-state index contributed by atoms with van der Waals surface area (Å²) in [5.41, 5.74) is 0. The maximum atomic E-state index is 12.4. The van der Waals surface area contributed by atoms with Crippen LogP contribution in [0.5, 0.6) is 0 Å². The van der Waals surface area contributed by atoms with Gasteiger partial charge in [-0.05, 0) is 43.9 Å². The Morgan fingerprint density at radius 1 is 1.26 bits per heavy atom. The van der Waals surface area contributed by atoms with Crippen LogP contribution in [0.1, 0.15) is 39.0 Å². The summed E-state index contributed by atoms with van der Waals surface area (Å²) in [5, 5.41) is 3.62. The van der Waals surface area contributed by atoms with Crippen LogP contribution in [-0.2, 0) is 10.8 Å². The molecule has 0 spiro atoms. The number of nitrogens with one attached hydrogen (secondary N) is 1. The predicted molar refractivity (Wildman–Crippen MR) is 81.8 cm³/mol. The molecule has 0 aliphatic heterocycles. The van der Waals surface area contributed by atoms with Crippen LogP contribution in [0.25, 0.3) is 0 Å². The van der Waals surface area contributed by atoms with E-state index in [9.17, 15) is 4.21 Å². The third kappa shape index (κ3) is 4.43. The number of hydrogen-bond donors (Lipinski definition) is 1. The zero-order valence-electron chi connectivity index (χ0n) is 11.8. The molecule has 2 nitrogen and oxygen atoms in total. The van der Waals surface area contributed by atoms with Gasteiger partial charge >= 0.3 is 0 Å². The van der Waals surface area contributed by atoms with Crippen LogP contribution in [0, 0.1) is 5.92 Å². The summed E-state index contributed by atoms with van der Waals surface area (Å²) in [6.45, 7) is 3.22. The highest BCUT2D eigenvalue weighted by molar-refractivity contribution is 7.85. The minimum atomic E-state index is -0.875. The smallest absolute Gasteiger partial charge is 0.0545 e. The zero-order chi connectivity index (χ0) is 13.5. The van der Waals surface area contributed by atoms with Gasteiger partial charge in [0.05, 0.1) is 10.8 Å². The van der Waals surface area contributed by atoms with Crippen molar-refractivity contribution < 1.29 is 4.21 Å². The molecule has 0 amide bonds. The molecule has 0 bridgehead atoms. The third-order valence-corrected chi connectivity index (χ3v) is 5.42. The molecule has 3 heteroatoms. The van der Waals surface area contributed by atoms with Crippen molar-refractivity contribution in [1.29, 1.82) is 0 Å². The van der Waals surface area contributed by atoms with E-state index in [2.05, 4.69) is 12.2 Å². The SMILES string of the molecule is CCCNC(CS(=O)c1ccccc1)C1CCCC1. The van der Waals surface area contributed by atoms with Crippen LogP contribution >= 0.6 is 0 Å². The number of benzene rings is 1. The van der Waals surface area contributed by atoms with Gasteiger partial charge in [0.2, 0.25) is 0 Å². The van der Waals surface area contributed by atoms with Gasteiger partial charge in [-0.25, -0.2) is 0 Å². The molecule has 2 rings (SSSR count). The fraction of sp³-hybridized carbons (Fsp3) is 0.625. The molecule has 1 N–H and O–H groups in total. The van der Waals surface area contributed by atoms with Crippen molar-refractivity contribution in [3.05, 3.63) is 30.3 Å². The highest BCUT2D eigenvalue weighted by Crippen LogP contribution is 2.28. The van der Waals surface area contributed by atoms with Crippen LogP contribution in [-0.4, -0.2) is 22.5 Å². The first kappa shape index (κ1) is 14.7. The van der Waals surface area contributed by atoms with Crippen LogP contribution in [0.3, 0.4) is 0 Å². The lowest BCUT2D eigenvalue weighted by atomic mass is 10.00. The molecular formula is C16H25NOS. The van der Waals surface area contributed by atoms with E-state index in [4.69, 9.17) is 0 Å². The lowest BCUT2D eigenvalue weighted by Crippen LogP contribution is -2.40. The molecular weight excluding hydrogens is 254 g/mol. The number of hydrogen-bond acceptors (Lipinski definition) is 2. The standard InChI is InChI=1S/C16H25NOS/c1-2-12-17-16(14-8-6-7-9-14)13-19(18)15-10-4-3-5-11-15/h3-5,10-11,14,16-17H,2,6-9,12-13H2,1H3. The van der Waals surface area contributed by atoms with Gasteiger partial charge in [-0.2, -0.15) is 0 Å². The largest absolute Gasteiger partial charge is 0.313 e. The maximum Gasteiger partial charge on any atom is 0.0545 e. The highest BCUT2D eigenvalue weighted by atomic mass is 32.2. The fourth-order valence-corrected chi connectivity index (χ4v) is 4.25. The Bertz CT molecular complexity index is 387. The van der Waals surface area contributed by atoms with Gasteiger partial charge < -0.3 is 5.32 Å². The van der Waals surface area contributed by atoms with Crippen LogP contribution < -0.4 is 5.32 Å². The minimum absolute atomic E-state index is 0.420. The van der Waals surface area contributed by atoms with E-state index in [0.717, 1.165) is 29.5 Å². The molecule has 0 heterocycles. The average Bonchev–Trinajstić information content (AvgIpc) is 2.98. The Morgan fingerprint density at radius 3 is 2.58 bits per heavy atom. The molecule has 106 valence electrons. The summed E-state index contributed by atoms with van der Waals surface area (Å²) in [7, 11) is -0.875. The molecule has 0 radical (unpaired) electrons. The summed E-state index contributed by atoms with van der Waals surface area (Å²) in [6, 6.07) is 10.3. The van der Waals surface area contributed by atoms with Gasteiger partial charge in [0, 0.05) is 16.7 Å². The van der Waals surface area contributed by atoms with Crippen molar-refractivity contribution in [1.82, 2.24) is 5.32 Å². The summed E-state index contributed by atoms with van der Waals surface area (Å²) in [4.78, 5) is 0.962. The molecule has 1 saturated carbocycles. The van der Waals surface area contributed by atoms with E-state index >= 15 is 0 Å². The third-order valence-electron chi connectivity index (χ3n) is 3.96. The normalized spacial score (nSPS) is 19.4. The van der Waals surface area contributed by atoms with Gasteiger partial charge in [0.25, 0.3) is 0 Å². The quantitative estimate of drug-likeness (QED) is 0.829. The van der Waals surface area contributed by atoms with Crippen molar-refractivity contribution >= 4 is 10.8 Å². The van der Waals surface area contributed by atoms with E-state index in [1.54, 1.807) is 0 Å². The zero-order valence-corrected chi connectivity index (χ0v) is 12.6. The minimum Gasteiger partial charge on any atom is -0.313 e. The monoisotopic (exact) mass is 279 g/mol. The van der Waals surface area contributed by atoms with Gasteiger partial charge in [0.1, 0.15) is 0 Å². The van der Waals surface area contributed by atoms with Crippen molar-refractivity contribution in [3.63, 3.8) is 0 Å². The summed E-state index contributed by atoms with van der Waals surface area (Å²) in [5.74, 6) is 1.48. The van der Waals surface area contributed by atoms with Crippen molar-refractivity contribution in [2.45, 2.75) is 50.0 Å². The van der Waals surface area contributed by atoms with Crippen LogP contribution in [0.15, 0.2) is 35.2 Å². The number of rotatable bonds is 7. The second-order valence-electron chi connectivity index (χ2n) is 5.43. The van der Waals surface area contributed by atoms with Crippen molar-refractivity contribution in [2.24, 2.45) is 5.92 Å². The topological polar surface area (TPSA) is 29.1 Å². The molecule has 2 atom stereocenters. The molecule has 0 aromatic heterocycles.